The van der Waals surface area contributed by atoms with Crippen LogP contribution in [0, 0.1) is 23.7 Å². The smallest absolute Gasteiger partial charge is 1.00 e. The molecule has 6 rings (SSSR count). The Morgan fingerprint density at radius 1 is 0.786 bits per heavy atom. The van der Waals surface area contributed by atoms with Crippen LogP contribution in [0.1, 0.15) is 25.4 Å². The molecule has 6 nitrogen and oxygen atoms in total. The van der Waals surface area contributed by atoms with Crippen molar-refractivity contribution >= 4 is 40.6 Å². The average molecular weight is 607 g/mol. The second-order valence-electron chi connectivity index (χ2n) is 11.5. The predicted octanol–water partition coefficient (Wildman–Crippen LogP) is 0.287. The van der Waals surface area contributed by atoms with Gasteiger partial charge in [-0.05, 0) is 54.3 Å². The van der Waals surface area contributed by atoms with E-state index in [9.17, 15) is 35.9 Å². The van der Waals surface area contributed by atoms with Gasteiger partial charge in [-0.2, -0.15) is 26.3 Å². The summed E-state index contributed by atoms with van der Waals surface area (Å²) in [4.78, 5) is 27.1. The zero-order valence-electron chi connectivity index (χ0n) is 23.9. The summed E-state index contributed by atoms with van der Waals surface area (Å²) in [6.07, 6.45) is -10.5. The summed E-state index contributed by atoms with van der Waals surface area (Å²) in [5.41, 5.74) is 11.1. The van der Waals surface area contributed by atoms with Gasteiger partial charge in [0.25, 0.3) is 0 Å². The summed E-state index contributed by atoms with van der Waals surface area (Å²) in [6.45, 7) is 1.49. The van der Waals surface area contributed by atoms with Crippen molar-refractivity contribution in [2.24, 2.45) is 23.7 Å². The van der Waals surface area contributed by atoms with Gasteiger partial charge in [-0.1, -0.05) is 24.3 Å². The molecule has 42 heavy (non-hydrogen) atoms. The van der Waals surface area contributed by atoms with Crippen LogP contribution < -0.4 is 30.3 Å². The van der Waals surface area contributed by atoms with Crippen LogP contribution >= 0.6 is 0 Å². The van der Waals surface area contributed by atoms with E-state index >= 15 is 0 Å². The molecule has 14 heteroatoms. The molecule has 2 aliphatic heterocycles. The number of imide groups is 1. The van der Waals surface area contributed by atoms with Gasteiger partial charge in [0.15, 0.2) is 17.4 Å². The summed E-state index contributed by atoms with van der Waals surface area (Å²) in [6, 6.07) is 13.0. The van der Waals surface area contributed by atoms with Gasteiger partial charge in [0.05, 0.1) is 24.7 Å². The molecule has 2 saturated heterocycles. The SMILES string of the molecule is CN1C(=O)C2C(C1=O)C2(CC(F)(F)F)c1cccc(N)c1.CN1CC2C(C1)C2(CC(F)(F)F)c1cccc(N)c1.[AlH3].[H-].[Li+]. The monoisotopic (exact) mass is 606 g/mol. The van der Waals surface area contributed by atoms with Crippen molar-refractivity contribution in [2.45, 2.75) is 36.0 Å². The van der Waals surface area contributed by atoms with E-state index in [1.165, 1.54) is 25.2 Å². The minimum Gasteiger partial charge on any atom is -1.00 e. The zero-order chi connectivity index (χ0) is 29.4. The van der Waals surface area contributed by atoms with Gasteiger partial charge >= 0.3 is 31.2 Å². The van der Waals surface area contributed by atoms with E-state index in [0.717, 1.165) is 23.6 Å². The molecule has 0 radical (unpaired) electrons. The molecular formula is C28H34AlF6LiN4O2. The first-order valence-corrected chi connectivity index (χ1v) is 12.9. The maximum absolute atomic E-state index is 13.0. The van der Waals surface area contributed by atoms with Crippen molar-refractivity contribution in [3.8, 4) is 0 Å². The Morgan fingerprint density at radius 3 is 1.55 bits per heavy atom. The van der Waals surface area contributed by atoms with Crippen LogP contribution in [0.2, 0.25) is 0 Å². The fourth-order valence-electron chi connectivity index (χ4n) is 7.42. The van der Waals surface area contributed by atoms with Gasteiger partial charge in [-0.25, -0.2) is 0 Å². The number of rotatable bonds is 4. The van der Waals surface area contributed by atoms with E-state index in [0.29, 0.717) is 16.9 Å². The maximum Gasteiger partial charge on any atom is 1.00 e. The predicted molar refractivity (Wildman–Crippen MR) is 147 cm³/mol. The van der Waals surface area contributed by atoms with E-state index in [1.54, 1.807) is 30.3 Å². The largest absolute Gasteiger partial charge is 1.00 e. The number of piperidine rings is 2. The second-order valence-corrected chi connectivity index (χ2v) is 11.5. The Balaban J connectivity index is 0.000000282. The van der Waals surface area contributed by atoms with E-state index in [4.69, 9.17) is 11.5 Å². The van der Waals surface area contributed by atoms with Gasteiger partial charge < -0.3 is 17.8 Å². The molecule has 4 N–H and O–H groups in total. The number of benzene rings is 2. The number of anilines is 2. The molecule has 4 atom stereocenters. The third kappa shape index (κ3) is 5.84. The first kappa shape index (κ1) is 34.3. The summed E-state index contributed by atoms with van der Waals surface area (Å²) < 4.78 is 77.7. The third-order valence-corrected chi connectivity index (χ3v) is 9.08. The summed E-state index contributed by atoms with van der Waals surface area (Å²) in [7, 11) is 3.26. The molecule has 2 aromatic carbocycles. The number of halogens is 6. The minimum absolute atomic E-state index is 0. The van der Waals surface area contributed by atoms with Crippen LogP contribution in [-0.4, -0.2) is 78.5 Å². The van der Waals surface area contributed by atoms with Crippen molar-refractivity contribution in [1.82, 2.24) is 9.80 Å². The molecule has 2 amide bonds. The Bertz CT molecular complexity index is 1330. The summed E-state index contributed by atoms with van der Waals surface area (Å²) in [5.74, 6) is -2.73. The number of alkyl halides is 6. The van der Waals surface area contributed by atoms with Crippen molar-refractivity contribution in [3.05, 3.63) is 59.7 Å². The average Bonchev–Trinajstić information content (AvgIpc) is 3.53. The van der Waals surface area contributed by atoms with Crippen LogP contribution in [0.25, 0.3) is 0 Å². The van der Waals surface area contributed by atoms with Crippen molar-refractivity contribution < 1.29 is 56.2 Å². The Morgan fingerprint density at radius 2 is 1.17 bits per heavy atom. The number of carbonyl (C=O) groups excluding carboxylic acids is 2. The Hall–Kier alpha value is -2.15. The van der Waals surface area contributed by atoms with E-state index in [1.807, 2.05) is 7.05 Å². The fourth-order valence-corrected chi connectivity index (χ4v) is 7.42. The molecule has 2 saturated carbocycles. The summed E-state index contributed by atoms with van der Waals surface area (Å²) >= 11 is 0. The van der Waals surface area contributed by atoms with E-state index in [2.05, 4.69) is 4.90 Å². The van der Waals surface area contributed by atoms with Gasteiger partial charge in [-0.15, -0.1) is 0 Å². The number of fused-ring (bicyclic) bond motifs is 2. The van der Waals surface area contributed by atoms with E-state index < -0.39 is 59.7 Å². The number of hydrogen-bond acceptors (Lipinski definition) is 5. The van der Waals surface area contributed by atoms with Crippen molar-refractivity contribution in [1.29, 1.82) is 0 Å². The van der Waals surface area contributed by atoms with Crippen LogP contribution in [-0.2, 0) is 20.4 Å². The van der Waals surface area contributed by atoms with Crippen molar-refractivity contribution in [2.75, 3.05) is 38.7 Å². The topological polar surface area (TPSA) is 92.7 Å². The van der Waals surface area contributed by atoms with E-state index in [-0.39, 0.29) is 49.5 Å². The molecule has 4 fully saturated rings. The van der Waals surface area contributed by atoms with Crippen LogP contribution in [0.3, 0.4) is 0 Å². The molecule has 0 spiro atoms. The van der Waals surface area contributed by atoms with Crippen LogP contribution in [0.5, 0.6) is 0 Å². The molecule has 4 aliphatic rings. The molecule has 0 bridgehead atoms. The number of hydrogen-bond donors (Lipinski definition) is 2. The molecular weight excluding hydrogens is 572 g/mol. The van der Waals surface area contributed by atoms with Gasteiger partial charge in [-0.3, -0.25) is 14.5 Å². The summed E-state index contributed by atoms with van der Waals surface area (Å²) in [5, 5.41) is 0. The van der Waals surface area contributed by atoms with Crippen LogP contribution in [0.4, 0.5) is 37.7 Å². The molecule has 0 aromatic heterocycles. The normalized spacial score (nSPS) is 31.3. The molecule has 2 aliphatic carbocycles. The number of amides is 2. The number of nitrogens with two attached hydrogens (primary N) is 2. The standard InChI is InChI=1S/C14H13F3N2O2.C14H17F3N2.Al.Li.4H/c1-19-11(20)9-10(12(19)21)13(9,6-14(15,16)17)7-3-2-4-8(18)5-7;1-19-6-11-12(7-19)13(11,8-14(15,16)17)9-3-2-4-10(18)5-9;;;;;;/h2-5,9-10H,6,18H2,1H3;2-5,11-12H,6-8,18H2,1H3;;;;;;/q;;;+1;;;;-1. The first-order valence-electron chi connectivity index (χ1n) is 12.9. The second kappa shape index (κ2) is 11.4. The van der Waals surface area contributed by atoms with Gasteiger partial charge in [0.2, 0.25) is 11.8 Å². The van der Waals surface area contributed by atoms with Crippen LogP contribution in [0.15, 0.2) is 48.5 Å². The fraction of sp³-hybridized carbons (Fsp3) is 0.500. The molecule has 2 aromatic rings. The van der Waals surface area contributed by atoms with Crippen molar-refractivity contribution in [3.63, 3.8) is 0 Å². The molecule has 4 unspecified atom stereocenters. The molecule has 2 heterocycles. The maximum atomic E-state index is 13.0. The zero-order valence-corrected chi connectivity index (χ0v) is 22.9. The number of nitrogens with zero attached hydrogens (tertiary/aromatic N) is 2. The molecule has 224 valence electrons. The minimum atomic E-state index is -4.46. The quantitative estimate of drug-likeness (QED) is 0.226. The third-order valence-electron chi connectivity index (χ3n) is 9.08. The van der Waals surface area contributed by atoms with Gasteiger partial charge in [0, 0.05) is 42.3 Å². The number of nitrogen functional groups attached to an aromatic ring is 2. The first-order chi connectivity index (χ1) is 18.5. The van der Waals surface area contributed by atoms with Gasteiger partial charge in [0.1, 0.15) is 0 Å². The number of carbonyl (C=O) groups is 2. The Labute approximate surface area is 263 Å². The number of likely N-dealkylation sites (tertiary alicyclic amines) is 2. The Kier molecular flexibility index (Phi) is 9.33.